The molecular formula is C8H15. The van der Waals surface area contributed by atoms with E-state index in [1.54, 1.807) is 5.92 Å². The van der Waals surface area contributed by atoms with Crippen LogP contribution in [-0.2, 0) is 0 Å². The molecule has 0 aliphatic carbocycles. The van der Waals surface area contributed by atoms with Gasteiger partial charge in [-0.15, -0.1) is 6.58 Å². The zero-order valence-corrected chi connectivity index (χ0v) is 5.91. The summed E-state index contributed by atoms with van der Waals surface area (Å²) in [4.78, 5) is 0. The van der Waals surface area contributed by atoms with Crippen LogP contribution in [0.4, 0.5) is 0 Å². The molecule has 0 aliphatic heterocycles. The van der Waals surface area contributed by atoms with Crippen LogP contribution in [0.1, 0.15) is 33.1 Å². The molecule has 0 bridgehead atoms. The minimum absolute atomic E-state index is 1.10. The number of allylic oxidation sites excluding steroid dienone is 1. The van der Waals surface area contributed by atoms with Crippen LogP contribution in [0.5, 0.6) is 0 Å². The van der Waals surface area contributed by atoms with E-state index in [-0.39, 0.29) is 0 Å². The smallest absolute Gasteiger partial charge is 0.0209 e. The van der Waals surface area contributed by atoms with E-state index in [9.17, 15) is 0 Å². The van der Waals surface area contributed by atoms with Gasteiger partial charge in [0.25, 0.3) is 0 Å². The van der Waals surface area contributed by atoms with Gasteiger partial charge in [-0.25, -0.2) is 0 Å². The Hall–Kier alpha value is -0.260. The lowest BCUT2D eigenvalue weighted by Crippen LogP contribution is -1.89. The van der Waals surface area contributed by atoms with Crippen LogP contribution in [0, 0.1) is 5.92 Å². The number of rotatable bonds is 4. The second-order valence-corrected chi connectivity index (χ2v) is 1.95. The van der Waals surface area contributed by atoms with Crippen LogP contribution in [-0.4, -0.2) is 0 Å². The third kappa shape index (κ3) is 2.84. The molecule has 0 saturated carbocycles. The molecule has 0 aliphatic rings. The molecular weight excluding hydrogens is 96.1 g/mol. The molecule has 0 heterocycles. The Morgan fingerprint density at radius 1 is 1.38 bits per heavy atom. The van der Waals surface area contributed by atoms with Crippen molar-refractivity contribution in [1.29, 1.82) is 0 Å². The van der Waals surface area contributed by atoms with Crippen LogP contribution in [0.25, 0.3) is 0 Å². The topological polar surface area (TPSA) is 0 Å². The molecule has 0 aromatic carbocycles. The van der Waals surface area contributed by atoms with Crippen molar-refractivity contribution in [3.63, 3.8) is 0 Å². The Morgan fingerprint density at radius 3 is 2.00 bits per heavy atom. The zero-order chi connectivity index (χ0) is 6.41. The van der Waals surface area contributed by atoms with Gasteiger partial charge in [0.1, 0.15) is 0 Å². The van der Waals surface area contributed by atoms with Gasteiger partial charge < -0.3 is 0 Å². The minimum Gasteiger partial charge on any atom is -0.103 e. The summed E-state index contributed by atoms with van der Waals surface area (Å²) < 4.78 is 0. The highest BCUT2D eigenvalue weighted by Crippen LogP contribution is 2.14. The molecule has 0 aromatic heterocycles. The van der Waals surface area contributed by atoms with E-state index < -0.39 is 0 Å². The number of hydrogen-bond donors (Lipinski definition) is 0. The van der Waals surface area contributed by atoms with E-state index in [1.807, 2.05) is 6.08 Å². The van der Waals surface area contributed by atoms with E-state index in [1.165, 1.54) is 12.8 Å². The molecule has 0 unspecified atom stereocenters. The monoisotopic (exact) mass is 111 g/mol. The van der Waals surface area contributed by atoms with Crippen molar-refractivity contribution < 1.29 is 0 Å². The molecule has 0 fully saturated rings. The second-order valence-electron chi connectivity index (χ2n) is 1.95. The molecule has 0 aromatic rings. The third-order valence-electron chi connectivity index (χ3n) is 1.43. The van der Waals surface area contributed by atoms with Gasteiger partial charge in [0.15, 0.2) is 0 Å². The predicted molar refractivity (Wildman–Crippen MR) is 38.6 cm³/mol. The highest BCUT2D eigenvalue weighted by molar-refractivity contribution is 4.92. The summed E-state index contributed by atoms with van der Waals surface area (Å²) in [5.74, 6) is 1.60. The van der Waals surface area contributed by atoms with Gasteiger partial charge in [-0.2, -0.15) is 0 Å². The van der Waals surface area contributed by atoms with Crippen LogP contribution in [0.15, 0.2) is 12.7 Å². The summed E-state index contributed by atoms with van der Waals surface area (Å²) in [6.45, 7) is 8.07. The first kappa shape index (κ1) is 7.74. The molecule has 0 rings (SSSR count). The maximum absolute atomic E-state index is 3.68. The van der Waals surface area contributed by atoms with Crippen LogP contribution in [0.2, 0.25) is 0 Å². The van der Waals surface area contributed by atoms with Crippen molar-refractivity contribution in [2.45, 2.75) is 33.1 Å². The Labute approximate surface area is 52.6 Å². The summed E-state index contributed by atoms with van der Waals surface area (Å²) >= 11 is 0. The molecule has 0 nitrogen and oxygen atoms in total. The molecule has 0 heteroatoms. The second kappa shape index (κ2) is 4.89. The van der Waals surface area contributed by atoms with Gasteiger partial charge in [0.05, 0.1) is 0 Å². The SMILES string of the molecule is C=CC[C](CC)CC. The number of hydrogen-bond acceptors (Lipinski definition) is 0. The lowest BCUT2D eigenvalue weighted by molar-refractivity contribution is 0.770. The lowest BCUT2D eigenvalue weighted by atomic mass is 10.00. The molecule has 0 amide bonds. The first-order valence-electron chi connectivity index (χ1n) is 3.29. The van der Waals surface area contributed by atoms with Crippen molar-refractivity contribution in [3.8, 4) is 0 Å². The molecule has 0 N–H and O–H groups in total. The predicted octanol–water partition coefficient (Wildman–Crippen LogP) is 2.96. The quantitative estimate of drug-likeness (QED) is 0.489. The first-order chi connectivity index (χ1) is 3.85. The van der Waals surface area contributed by atoms with E-state index in [0.29, 0.717) is 0 Å². The average molecular weight is 111 g/mol. The van der Waals surface area contributed by atoms with Crippen molar-refractivity contribution in [3.05, 3.63) is 18.6 Å². The Balaban J connectivity index is 3.20. The zero-order valence-electron chi connectivity index (χ0n) is 5.91. The van der Waals surface area contributed by atoms with E-state index in [0.717, 1.165) is 6.42 Å². The lowest BCUT2D eigenvalue weighted by Gasteiger charge is -2.05. The summed E-state index contributed by atoms with van der Waals surface area (Å²) in [6, 6.07) is 0. The van der Waals surface area contributed by atoms with Crippen LogP contribution < -0.4 is 0 Å². The van der Waals surface area contributed by atoms with Gasteiger partial charge in [0, 0.05) is 0 Å². The van der Waals surface area contributed by atoms with Gasteiger partial charge in [-0.1, -0.05) is 19.9 Å². The molecule has 1 radical (unpaired) electrons. The van der Waals surface area contributed by atoms with Gasteiger partial charge in [-0.05, 0) is 25.2 Å². The standard InChI is InChI=1S/C8H15/c1-4-7-8(5-2)6-3/h4H,1,5-7H2,2-3H3. The fourth-order valence-electron chi connectivity index (χ4n) is 0.743. The van der Waals surface area contributed by atoms with Gasteiger partial charge >= 0.3 is 0 Å². The fraction of sp³-hybridized carbons (Fsp3) is 0.625. The summed E-state index contributed by atoms with van der Waals surface area (Å²) in [5, 5.41) is 0. The first-order valence-corrected chi connectivity index (χ1v) is 3.29. The molecule has 8 heavy (non-hydrogen) atoms. The van der Waals surface area contributed by atoms with Gasteiger partial charge in [0.2, 0.25) is 0 Å². The maximum Gasteiger partial charge on any atom is -0.0209 e. The summed E-state index contributed by atoms with van der Waals surface area (Å²) in [7, 11) is 0. The maximum atomic E-state index is 3.68. The Kier molecular flexibility index (Phi) is 4.73. The van der Waals surface area contributed by atoms with E-state index >= 15 is 0 Å². The van der Waals surface area contributed by atoms with E-state index in [2.05, 4.69) is 20.4 Å². The van der Waals surface area contributed by atoms with Crippen molar-refractivity contribution >= 4 is 0 Å². The molecule has 0 spiro atoms. The summed E-state index contributed by atoms with van der Waals surface area (Å²) in [6.07, 6.45) is 5.50. The Morgan fingerprint density at radius 2 is 1.88 bits per heavy atom. The fourth-order valence-corrected chi connectivity index (χ4v) is 0.743. The van der Waals surface area contributed by atoms with Crippen molar-refractivity contribution in [1.82, 2.24) is 0 Å². The van der Waals surface area contributed by atoms with Gasteiger partial charge in [-0.3, -0.25) is 0 Å². The normalized spacial score (nSPS) is 9.88. The molecule has 0 atom stereocenters. The van der Waals surface area contributed by atoms with Crippen molar-refractivity contribution in [2.75, 3.05) is 0 Å². The minimum atomic E-state index is 1.10. The highest BCUT2D eigenvalue weighted by Gasteiger charge is 1.98. The Bertz CT molecular complexity index is 51.1. The third-order valence-corrected chi connectivity index (χ3v) is 1.43. The van der Waals surface area contributed by atoms with Crippen LogP contribution >= 0.6 is 0 Å². The average Bonchev–Trinajstić information content (AvgIpc) is 1.83. The van der Waals surface area contributed by atoms with E-state index in [4.69, 9.17) is 0 Å². The summed E-state index contributed by atoms with van der Waals surface area (Å²) in [5.41, 5.74) is 0. The molecule has 47 valence electrons. The van der Waals surface area contributed by atoms with Crippen LogP contribution in [0.3, 0.4) is 0 Å². The molecule has 0 saturated heterocycles. The largest absolute Gasteiger partial charge is 0.103 e. The van der Waals surface area contributed by atoms with Crippen molar-refractivity contribution in [2.24, 2.45) is 0 Å². The highest BCUT2D eigenvalue weighted by atomic mass is 14.0.